The van der Waals surface area contributed by atoms with Crippen LogP contribution in [0.5, 0.6) is 0 Å². The zero-order valence-corrected chi connectivity index (χ0v) is 19.3. The van der Waals surface area contributed by atoms with E-state index in [2.05, 4.69) is 11.1 Å². The van der Waals surface area contributed by atoms with Crippen molar-refractivity contribution >= 4 is 45.8 Å². The minimum absolute atomic E-state index is 0.00245. The van der Waals surface area contributed by atoms with Crippen LogP contribution in [0.3, 0.4) is 0 Å². The Bertz CT molecular complexity index is 1150. The number of nitrogens with zero attached hydrogens (tertiary/aromatic N) is 2. The van der Waals surface area contributed by atoms with Crippen molar-refractivity contribution < 1.29 is 14.4 Å². The molecule has 1 aliphatic heterocycles. The normalized spacial score (nSPS) is 12.8. The van der Waals surface area contributed by atoms with Gasteiger partial charge in [0.1, 0.15) is 5.78 Å². The highest BCUT2D eigenvalue weighted by atomic mass is 32.1. The maximum Gasteiger partial charge on any atom is 0.227 e. The SMILES string of the molecule is Cc1ccc(C(=O)CCC(=O)CCC(=O)N2CCc3cc(-c4csc(C)n4)ccc32)s1. The zero-order chi connectivity index (χ0) is 22.0. The second-order valence-electron chi connectivity index (χ2n) is 7.76. The fourth-order valence-electron chi connectivity index (χ4n) is 3.78. The molecule has 0 spiro atoms. The van der Waals surface area contributed by atoms with Gasteiger partial charge in [-0.2, -0.15) is 0 Å². The maximum atomic E-state index is 12.7. The Hall–Kier alpha value is -2.64. The number of benzene rings is 1. The molecular weight excluding hydrogens is 428 g/mol. The zero-order valence-electron chi connectivity index (χ0n) is 17.6. The molecule has 31 heavy (non-hydrogen) atoms. The summed E-state index contributed by atoms with van der Waals surface area (Å²) in [5.74, 6) is -0.0782. The van der Waals surface area contributed by atoms with Gasteiger partial charge in [-0.3, -0.25) is 14.4 Å². The first-order valence-electron chi connectivity index (χ1n) is 10.4. The standard InChI is InChI=1S/C24H24N2O3S2/c1-15-3-9-23(31-15)22(28)8-5-19(27)6-10-24(29)26-12-11-18-13-17(4-7-21(18)26)20-14-30-16(2)25-20/h3-4,7,9,13-14H,5-6,8,10-12H2,1-2H3. The third-order valence-corrected chi connectivity index (χ3v) is 7.27. The summed E-state index contributed by atoms with van der Waals surface area (Å²) in [6, 6.07) is 9.81. The average Bonchev–Trinajstić information content (AvgIpc) is 3.49. The van der Waals surface area contributed by atoms with Gasteiger partial charge in [0.2, 0.25) is 5.91 Å². The summed E-state index contributed by atoms with van der Waals surface area (Å²) < 4.78 is 0. The van der Waals surface area contributed by atoms with Crippen LogP contribution in [-0.2, 0) is 16.0 Å². The largest absolute Gasteiger partial charge is 0.312 e. The van der Waals surface area contributed by atoms with Crippen LogP contribution in [0.1, 0.15) is 50.8 Å². The number of hydrogen-bond donors (Lipinski definition) is 0. The van der Waals surface area contributed by atoms with E-state index in [1.54, 1.807) is 16.2 Å². The molecule has 0 saturated heterocycles. The van der Waals surface area contributed by atoms with Gasteiger partial charge in [0.25, 0.3) is 0 Å². The summed E-state index contributed by atoms with van der Waals surface area (Å²) >= 11 is 3.08. The number of thiazole rings is 1. The Morgan fingerprint density at radius 1 is 1.03 bits per heavy atom. The molecule has 0 fully saturated rings. The molecule has 0 bridgehead atoms. The van der Waals surface area contributed by atoms with E-state index in [0.717, 1.165) is 38.8 Å². The summed E-state index contributed by atoms with van der Waals surface area (Å²) in [7, 11) is 0. The van der Waals surface area contributed by atoms with Gasteiger partial charge in [-0.15, -0.1) is 22.7 Å². The van der Waals surface area contributed by atoms with Crippen molar-refractivity contribution in [2.45, 2.75) is 46.0 Å². The molecule has 1 amide bonds. The number of amides is 1. The summed E-state index contributed by atoms with van der Waals surface area (Å²) in [6.45, 7) is 4.58. The molecule has 7 heteroatoms. The number of anilines is 1. The van der Waals surface area contributed by atoms with Gasteiger partial charge in [-0.1, -0.05) is 6.07 Å². The molecule has 3 heterocycles. The Kier molecular flexibility index (Phi) is 6.43. The summed E-state index contributed by atoms with van der Waals surface area (Å²) in [6.07, 6.45) is 1.56. The molecule has 0 radical (unpaired) electrons. The van der Waals surface area contributed by atoms with E-state index in [-0.39, 0.29) is 43.2 Å². The number of aromatic nitrogens is 1. The first kappa shape index (κ1) is 21.6. The average molecular weight is 453 g/mol. The molecule has 3 aromatic rings. The summed E-state index contributed by atoms with van der Waals surface area (Å²) in [4.78, 5) is 45.2. The molecular formula is C24H24N2O3S2. The van der Waals surface area contributed by atoms with Crippen LogP contribution in [-0.4, -0.2) is 29.0 Å². The third kappa shape index (κ3) is 4.99. The molecule has 0 saturated carbocycles. The van der Waals surface area contributed by atoms with Gasteiger partial charge < -0.3 is 4.90 Å². The molecule has 0 atom stereocenters. The highest BCUT2D eigenvalue weighted by molar-refractivity contribution is 7.14. The minimum atomic E-state index is -0.0383. The van der Waals surface area contributed by atoms with Crippen molar-refractivity contribution in [1.82, 2.24) is 4.98 Å². The number of Topliss-reactive ketones (excluding diaryl/α,β-unsaturated/α-hetero) is 2. The van der Waals surface area contributed by atoms with E-state index in [1.165, 1.54) is 11.3 Å². The van der Waals surface area contributed by atoms with E-state index >= 15 is 0 Å². The predicted molar refractivity (Wildman–Crippen MR) is 125 cm³/mol. The number of hydrogen-bond acceptors (Lipinski definition) is 6. The lowest BCUT2D eigenvalue weighted by Gasteiger charge is -2.17. The van der Waals surface area contributed by atoms with E-state index in [0.29, 0.717) is 11.4 Å². The molecule has 1 aromatic carbocycles. The number of fused-ring (bicyclic) bond motifs is 1. The van der Waals surface area contributed by atoms with E-state index in [9.17, 15) is 14.4 Å². The van der Waals surface area contributed by atoms with E-state index in [1.807, 2.05) is 43.5 Å². The third-order valence-electron chi connectivity index (χ3n) is 5.45. The highest BCUT2D eigenvalue weighted by Crippen LogP contribution is 2.33. The molecule has 4 rings (SSSR count). The second kappa shape index (κ2) is 9.24. The van der Waals surface area contributed by atoms with Crippen LogP contribution >= 0.6 is 22.7 Å². The number of thiophene rings is 1. The first-order valence-corrected chi connectivity index (χ1v) is 12.1. The monoisotopic (exact) mass is 452 g/mol. The number of carbonyl (C=O) groups is 3. The topological polar surface area (TPSA) is 67.3 Å². The van der Waals surface area contributed by atoms with Crippen molar-refractivity contribution in [2.24, 2.45) is 0 Å². The van der Waals surface area contributed by atoms with E-state index in [4.69, 9.17) is 0 Å². The minimum Gasteiger partial charge on any atom is -0.312 e. The van der Waals surface area contributed by atoms with Crippen LogP contribution in [0.25, 0.3) is 11.3 Å². The summed E-state index contributed by atoms with van der Waals surface area (Å²) in [5.41, 5.74) is 4.10. The molecule has 1 aliphatic rings. The van der Waals surface area contributed by atoms with Gasteiger partial charge in [-0.25, -0.2) is 4.98 Å². The molecule has 2 aromatic heterocycles. The van der Waals surface area contributed by atoms with Crippen molar-refractivity contribution in [2.75, 3.05) is 11.4 Å². The summed E-state index contributed by atoms with van der Waals surface area (Å²) in [5, 5.41) is 3.08. The Balaban J connectivity index is 1.30. The number of rotatable bonds is 8. The number of ketones is 2. The van der Waals surface area contributed by atoms with Crippen LogP contribution < -0.4 is 4.90 Å². The van der Waals surface area contributed by atoms with Gasteiger partial charge in [0, 0.05) is 53.7 Å². The smallest absolute Gasteiger partial charge is 0.227 e. The van der Waals surface area contributed by atoms with Gasteiger partial charge >= 0.3 is 0 Å². The number of aryl methyl sites for hydroxylation is 2. The molecule has 5 nitrogen and oxygen atoms in total. The van der Waals surface area contributed by atoms with Gasteiger partial charge in [0.05, 0.1) is 15.6 Å². The molecule has 160 valence electrons. The van der Waals surface area contributed by atoms with Crippen molar-refractivity contribution in [3.63, 3.8) is 0 Å². The number of carbonyl (C=O) groups excluding carboxylic acids is 3. The van der Waals surface area contributed by atoms with Crippen LogP contribution in [0, 0.1) is 13.8 Å². The van der Waals surface area contributed by atoms with Crippen molar-refractivity contribution in [3.05, 3.63) is 56.0 Å². The Labute approximate surface area is 189 Å². The molecule has 0 N–H and O–H groups in total. The van der Waals surface area contributed by atoms with Crippen molar-refractivity contribution in [3.8, 4) is 11.3 Å². The first-order chi connectivity index (χ1) is 14.9. The lowest BCUT2D eigenvalue weighted by molar-refractivity contribution is -0.123. The van der Waals surface area contributed by atoms with Gasteiger partial charge in [-0.05, 0) is 50.1 Å². The Morgan fingerprint density at radius 2 is 1.84 bits per heavy atom. The molecule has 0 aliphatic carbocycles. The van der Waals surface area contributed by atoms with E-state index < -0.39 is 0 Å². The molecule has 0 unspecified atom stereocenters. The van der Waals surface area contributed by atoms with Gasteiger partial charge in [0.15, 0.2) is 5.78 Å². The highest BCUT2D eigenvalue weighted by Gasteiger charge is 2.25. The fourth-order valence-corrected chi connectivity index (χ4v) is 5.24. The quantitative estimate of drug-likeness (QED) is 0.430. The van der Waals surface area contributed by atoms with Crippen molar-refractivity contribution in [1.29, 1.82) is 0 Å². The fraction of sp³-hybridized carbons (Fsp3) is 0.333. The van der Waals surface area contributed by atoms with Crippen LogP contribution in [0.2, 0.25) is 0 Å². The van der Waals surface area contributed by atoms with Crippen LogP contribution in [0.15, 0.2) is 35.7 Å². The lowest BCUT2D eigenvalue weighted by atomic mass is 10.1. The predicted octanol–water partition coefficient (Wildman–Crippen LogP) is 5.39. The maximum absolute atomic E-state index is 12.7. The second-order valence-corrected chi connectivity index (χ2v) is 10.1. The van der Waals surface area contributed by atoms with Crippen LogP contribution in [0.4, 0.5) is 5.69 Å². The lowest BCUT2D eigenvalue weighted by Crippen LogP contribution is -2.29. The Morgan fingerprint density at radius 3 is 2.55 bits per heavy atom.